The van der Waals surface area contributed by atoms with Gasteiger partial charge in [-0.1, -0.05) is 38.0 Å². The lowest BCUT2D eigenvalue weighted by Gasteiger charge is -2.04. The summed E-state index contributed by atoms with van der Waals surface area (Å²) < 4.78 is 10.3. The topological polar surface area (TPSA) is 22.4 Å². The van der Waals surface area contributed by atoms with Crippen molar-refractivity contribution in [3.8, 4) is 5.75 Å². The van der Waals surface area contributed by atoms with Crippen LogP contribution in [0.3, 0.4) is 0 Å². The molecule has 2 rings (SSSR count). The molecular formula is C16H22O2. The molecule has 18 heavy (non-hydrogen) atoms. The Morgan fingerprint density at radius 2 is 1.78 bits per heavy atom. The summed E-state index contributed by atoms with van der Waals surface area (Å²) in [6.07, 6.45) is 5.33. The Kier molecular flexibility index (Phi) is 7.45. The number of aryl methyl sites for hydroxylation is 1. The molecule has 2 aromatic rings. The van der Waals surface area contributed by atoms with Crippen LogP contribution in [-0.2, 0) is 0 Å². The minimum atomic E-state index is 0.845. The SMILES string of the molecule is CCCCCOc1ccccc1.Cc1ccco1. The van der Waals surface area contributed by atoms with Gasteiger partial charge in [-0.25, -0.2) is 0 Å². The maximum atomic E-state index is 5.51. The maximum absolute atomic E-state index is 5.51. The molecule has 0 bridgehead atoms. The lowest BCUT2D eigenvalue weighted by molar-refractivity contribution is 0.306. The number of hydrogen-bond acceptors (Lipinski definition) is 2. The van der Waals surface area contributed by atoms with Gasteiger partial charge < -0.3 is 9.15 Å². The van der Waals surface area contributed by atoms with Crippen LogP contribution in [0.1, 0.15) is 31.9 Å². The van der Waals surface area contributed by atoms with Gasteiger partial charge in [0.1, 0.15) is 11.5 Å². The number of benzene rings is 1. The molecule has 0 aliphatic heterocycles. The molecule has 0 aliphatic carbocycles. The van der Waals surface area contributed by atoms with E-state index < -0.39 is 0 Å². The Bertz CT molecular complexity index is 379. The second kappa shape index (κ2) is 9.34. The third-order valence-electron chi connectivity index (χ3n) is 2.42. The van der Waals surface area contributed by atoms with Crippen molar-refractivity contribution in [2.45, 2.75) is 33.1 Å². The van der Waals surface area contributed by atoms with E-state index in [4.69, 9.17) is 9.15 Å². The molecule has 1 aromatic heterocycles. The molecule has 0 amide bonds. The number of unbranched alkanes of at least 4 members (excludes halogenated alkanes) is 2. The number of hydrogen-bond donors (Lipinski definition) is 0. The largest absolute Gasteiger partial charge is 0.494 e. The van der Waals surface area contributed by atoms with Crippen LogP contribution in [0, 0.1) is 6.92 Å². The summed E-state index contributed by atoms with van der Waals surface area (Å²) in [6, 6.07) is 13.8. The first kappa shape index (κ1) is 14.4. The normalized spacial score (nSPS) is 9.44. The molecule has 0 saturated heterocycles. The molecule has 0 atom stereocenters. The second-order valence-corrected chi connectivity index (χ2v) is 4.09. The Morgan fingerprint density at radius 1 is 1.00 bits per heavy atom. The summed E-state index contributed by atoms with van der Waals surface area (Å²) in [5, 5.41) is 0. The van der Waals surface area contributed by atoms with Gasteiger partial charge in [-0.3, -0.25) is 0 Å². The smallest absolute Gasteiger partial charge is 0.119 e. The molecule has 0 aliphatic rings. The average molecular weight is 246 g/mol. The van der Waals surface area contributed by atoms with E-state index in [-0.39, 0.29) is 0 Å². The molecule has 0 fully saturated rings. The summed E-state index contributed by atoms with van der Waals surface area (Å²) in [5.74, 6) is 1.95. The third kappa shape index (κ3) is 6.79. The summed E-state index contributed by atoms with van der Waals surface area (Å²) in [7, 11) is 0. The van der Waals surface area contributed by atoms with Crippen molar-refractivity contribution in [3.63, 3.8) is 0 Å². The van der Waals surface area contributed by atoms with Crippen LogP contribution in [-0.4, -0.2) is 6.61 Å². The van der Waals surface area contributed by atoms with Crippen LogP contribution in [0.4, 0.5) is 0 Å². The monoisotopic (exact) mass is 246 g/mol. The Morgan fingerprint density at radius 3 is 2.28 bits per heavy atom. The van der Waals surface area contributed by atoms with Gasteiger partial charge in [-0.05, 0) is 37.6 Å². The van der Waals surface area contributed by atoms with Gasteiger partial charge in [0.05, 0.1) is 12.9 Å². The highest BCUT2D eigenvalue weighted by molar-refractivity contribution is 5.20. The predicted octanol–water partition coefficient (Wildman–Crippen LogP) is 4.84. The van der Waals surface area contributed by atoms with Crippen LogP contribution in [0.25, 0.3) is 0 Å². The van der Waals surface area contributed by atoms with Crippen LogP contribution < -0.4 is 4.74 Å². The van der Waals surface area contributed by atoms with Gasteiger partial charge in [0, 0.05) is 0 Å². The van der Waals surface area contributed by atoms with Crippen LogP contribution in [0.15, 0.2) is 53.1 Å². The first-order chi connectivity index (χ1) is 8.83. The Hall–Kier alpha value is -1.70. The lowest BCUT2D eigenvalue weighted by Crippen LogP contribution is -1.96. The highest BCUT2D eigenvalue weighted by Crippen LogP contribution is 2.08. The van der Waals surface area contributed by atoms with E-state index in [1.165, 1.54) is 12.8 Å². The fourth-order valence-corrected chi connectivity index (χ4v) is 1.42. The summed E-state index contributed by atoms with van der Waals surface area (Å²) in [5.41, 5.74) is 0. The van der Waals surface area contributed by atoms with Crippen LogP contribution >= 0.6 is 0 Å². The van der Waals surface area contributed by atoms with E-state index in [9.17, 15) is 0 Å². The van der Waals surface area contributed by atoms with E-state index in [2.05, 4.69) is 6.92 Å². The van der Waals surface area contributed by atoms with Crippen molar-refractivity contribution < 1.29 is 9.15 Å². The molecule has 0 spiro atoms. The van der Waals surface area contributed by atoms with E-state index in [0.717, 1.165) is 24.5 Å². The molecule has 0 unspecified atom stereocenters. The van der Waals surface area contributed by atoms with Crippen molar-refractivity contribution in [1.82, 2.24) is 0 Å². The minimum absolute atomic E-state index is 0.845. The van der Waals surface area contributed by atoms with Crippen LogP contribution in [0.2, 0.25) is 0 Å². The minimum Gasteiger partial charge on any atom is -0.494 e. The van der Waals surface area contributed by atoms with Crippen molar-refractivity contribution in [3.05, 3.63) is 54.5 Å². The van der Waals surface area contributed by atoms with Crippen molar-refractivity contribution in [1.29, 1.82) is 0 Å². The van der Waals surface area contributed by atoms with Gasteiger partial charge in [-0.15, -0.1) is 0 Å². The second-order valence-electron chi connectivity index (χ2n) is 4.09. The maximum Gasteiger partial charge on any atom is 0.119 e. The highest BCUT2D eigenvalue weighted by Gasteiger charge is 1.89. The fraction of sp³-hybridized carbons (Fsp3) is 0.375. The van der Waals surface area contributed by atoms with Gasteiger partial charge in [0.25, 0.3) is 0 Å². The fourth-order valence-electron chi connectivity index (χ4n) is 1.42. The number of ether oxygens (including phenoxy) is 1. The summed E-state index contributed by atoms with van der Waals surface area (Å²) in [6.45, 7) is 4.96. The molecular weight excluding hydrogens is 224 g/mol. The average Bonchev–Trinajstić information content (AvgIpc) is 2.88. The Balaban J connectivity index is 0.000000225. The molecule has 0 saturated carbocycles. The van der Waals surface area contributed by atoms with Gasteiger partial charge in [0.15, 0.2) is 0 Å². The zero-order valence-corrected chi connectivity index (χ0v) is 11.3. The summed E-state index contributed by atoms with van der Waals surface area (Å²) >= 11 is 0. The first-order valence-corrected chi connectivity index (χ1v) is 6.51. The molecule has 0 radical (unpaired) electrons. The van der Waals surface area contributed by atoms with Gasteiger partial charge in [0.2, 0.25) is 0 Å². The number of para-hydroxylation sites is 1. The van der Waals surface area contributed by atoms with E-state index in [0.29, 0.717) is 0 Å². The molecule has 98 valence electrons. The van der Waals surface area contributed by atoms with Gasteiger partial charge >= 0.3 is 0 Å². The standard InChI is InChI=1S/C11H16O.C5H6O/c1-2-3-7-10-12-11-8-5-4-6-9-11;1-5-3-2-4-6-5/h4-6,8-9H,2-3,7,10H2,1H3;2-4H,1H3. The van der Waals surface area contributed by atoms with E-state index in [1.807, 2.05) is 49.4 Å². The van der Waals surface area contributed by atoms with E-state index >= 15 is 0 Å². The third-order valence-corrected chi connectivity index (χ3v) is 2.42. The van der Waals surface area contributed by atoms with Crippen LogP contribution in [0.5, 0.6) is 5.75 Å². The number of rotatable bonds is 5. The zero-order chi connectivity index (χ0) is 13.1. The molecule has 2 nitrogen and oxygen atoms in total. The van der Waals surface area contributed by atoms with Gasteiger partial charge in [-0.2, -0.15) is 0 Å². The quantitative estimate of drug-likeness (QED) is 0.704. The Labute approximate surface area is 110 Å². The molecule has 0 N–H and O–H groups in total. The first-order valence-electron chi connectivity index (χ1n) is 6.51. The molecule has 2 heteroatoms. The number of furan rings is 1. The predicted molar refractivity (Wildman–Crippen MR) is 74.9 cm³/mol. The van der Waals surface area contributed by atoms with Crippen molar-refractivity contribution >= 4 is 0 Å². The van der Waals surface area contributed by atoms with Crippen molar-refractivity contribution in [2.75, 3.05) is 6.61 Å². The van der Waals surface area contributed by atoms with Crippen molar-refractivity contribution in [2.24, 2.45) is 0 Å². The lowest BCUT2D eigenvalue weighted by atomic mass is 10.3. The zero-order valence-electron chi connectivity index (χ0n) is 11.3. The highest BCUT2D eigenvalue weighted by atomic mass is 16.5. The molecule has 1 heterocycles. The molecule has 1 aromatic carbocycles. The van der Waals surface area contributed by atoms with E-state index in [1.54, 1.807) is 6.26 Å². The summed E-state index contributed by atoms with van der Waals surface area (Å²) in [4.78, 5) is 0.